The molecule has 1 spiro atoms. The van der Waals surface area contributed by atoms with Crippen LogP contribution in [-0.2, 0) is 14.3 Å². The highest BCUT2D eigenvalue weighted by Gasteiger charge is 2.77. The van der Waals surface area contributed by atoms with E-state index in [1.165, 1.54) is 0 Å². The molecule has 0 radical (unpaired) electrons. The summed E-state index contributed by atoms with van der Waals surface area (Å²) in [6, 6.07) is 7.56. The zero-order chi connectivity index (χ0) is 17.6. The number of nitriles is 1. The van der Waals surface area contributed by atoms with Crippen molar-refractivity contribution in [2.45, 2.75) is 50.2 Å². The fourth-order valence-corrected chi connectivity index (χ4v) is 5.52. The quantitative estimate of drug-likeness (QED) is 0.837. The number of rotatable bonds is 1. The monoisotopic (exact) mass is 340 g/mol. The molecule has 1 aromatic carbocycles. The van der Waals surface area contributed by atoms with Crippen molar-refractivity contribution in [2.24, 2.45) is 11.8 Å². The second kappa shape index (κ2) is 4.61. The molecular weight excluding hydrogens is 320 g/mol. The number of carbonyl (C=O) groups excluding carboxylic acids is 1. The van der Waals surface area contributed by atoms with Gasteiger partial charge in [-0.15, -0.1) is 0 Å². The summed E-state index contributed by atoms with van der Waals surface area (Å²) < 4.78 is 12.3. The summed E-state index contributed by atoms with van der Waals surface area (Å²) in [6.45, 7) is 4.23. The minimum Gasteiger partial charge on any atom is -0.390 e. The van der Waals surface area contributed by atoms with Crippen LogP contribution in [0.5, 0.6) is 0 Å². The highest BCUT2D eigenvalue weighted by Crippen LogP contribution is 2.65. The van der Waals surface area contributed by atoms with Crippen molar-refractivity contribution in [2.75, 3.05) is 11.5 Å². The predicted octanol–water partition coefficient (Wildman–Crippen LogP) is 1.48. The Labute approximate surface area is 145 Å². The lowest BCUT2D eigenvalue weighted by molar-refractivity contribution is -0.142. The van der Waals surface area contributed by atoms with Gasteiger partial charge in [0.25, 0.3) is 0 Å². The van der Waals surface area contributed by atoms with Gasteiger partial charge in [0, 0.05) is 24.4 Å². The lowest BCUT2D eigenvalue weighted by atomic mass is 9.65. The van der Waals surface area contributed by atoms with E-state index in [9.17, 15) is 9.90 Å². The van der Waals surface area contributed by atoms with Crippen LogP contribution in [0.4, 0.5) is 5.69 Å². The van der Waals surface area contributed by atoms with Crippen LogP contribution in [0.3, 0.4) is 0 Å². The van der Waals surface area contributed by atoms with E-state index in [0.717, 1.165) is 11.3 Å². The molecule has 4 heterocycles. The van der Waals surface area contributed by atoms with E-state index in [4.69, 9.17) is 14.7 Å². The van der Waals surface area contributed by atoms with Crippen LogP contribution in [-0.4, -0.2) is 41.2 Å². The van der Waals surface area contributed by atoms with Gasteiger partial charge in [-0.2, -0.15) is 5.26 Å². The van der Waals surface area contributed by atoms with Gasteiger partial charge in [-0.25, -0.2) is 0 Å². The van der Waals surface area contributed by atoms with E-state index >= 15 is 0 Å². The molecular formula is C19H20N2O4. The van der Waals surface area contributed by atoms with Gasteiger partial charge in [-0.05, 0) is 37.6 Å². The molecule has 1 N–H and O–H groups in total. The highest BCUT2D eigenvalue weighted by atomic mass is 16.6. The molecule has 0 aliphatic carbocycles. The number of nitrogens with zero attached hydrogens (tertiary/aromatic N) is 2. The third kappa shape index (κ3) is 1.66. The molecule has 130 valence electrons. The molecule has 4 aliphatic heterocycles. The minimum absolute atomic E-state index is 0.0517. The summed E-state index contributed by atoms with van der Waals surface area (Å²) in [7, 11) is 0. The zero-order valence-electron chi connectivity index (χ0n) is 14.2. The molecule has 0 unspecified atom stereocenters. The van der Waals surface area contributed by atoms with Crippen molar-refractivity contribution < 1.29 is 19.4 Å². The molecule has 4 aliphatic rings. The van der Waals surface area contributed by atoms with Crippen molar-refractivity contribution in [1.82, 2.24) is 0 Å². The molecule has 0 aromatic heterocycles. The fourth-order valence-electron chi connectivity index (χ4n) is 5.52. The molecule has 1 amide bonds. The number of ether oxygens (including phenoxy) is 2. The van der Waals surface area contributed by atoms with E-state index in [-0.39, 0.29) is 18.1 Å². The second-order valence-electron chi connectivity index (χ2n) is 7.90. The molecule has 6 nitrogen and oxygen atoms in total. The smallest absolute Gasteiger partial charge is 0.235 e. The summed E-state index contributed by atoms with van der Waals surface area (Å²) in [5, 5.41) is 19.7. The van der Waals surface area contributed by atoms with Crippen LogP contribution in [0.2, 0.25) is 0 Å². The van der Waals surface area contributed by atoms with E-state index in [1.54, 1.807) is 17.0 Å². The Hall–Kier alpha value is -1.94. The molecule has 0 saturated carbocycles. The number of anilines is 1. The van der Waals surface area contributed by atoms with Crippen molar-refractivity contribution in [3.05, 3.63) is 29.3 Å². The summed E-state index contributed by atoms with van der Waals surface area (Å²) >= 11 is 0. The summed E-state index contributed by atoms with van der Waals surface area (Å²) in [6.07, 6.45) is 0.287. The molecule has 25 heavy (non-hydrogen) atoms. The highest BCUT2D eigenvalue weighted by molar-refractivity contribution is 6.00. The first-order valence-corrected chi connectivity index (χ1v) is 8.75. The average Bonchev–Trinajstić information content (AvgIpc) is 3.12. The number of hydrogen-bond acceptors (Lipinski definition) is 5. The van der Waals surface area contributed by atoms with Crippen molar-refractivity contribution >= 4 is 11.6 Å². The molecule has 6 heteroatoms. The maximum atomic E-state index is 13.3. The Morgan fingerprint density at radius 2 is 2.24 bits per heavy atom. The summed E-state index contributed by atoms with van der Waals surface area (Å²) in [5.74, 6) is -0.500. The Kier molecular flexibility index (Phi) is 2.83. The molecule has 6 atom stereocenters. The van der Waals surface area contributed by atoms with Crippen molar-refractivity contribution in [3.63, 3.8) is 0 Å². The first-order chi connectivity index (χ1) is 11.9. The number of fused-ring (bicyclic) bond motifs is 2. The predicted molar refractivity (Wildman–Crippen MR) is 87.6 cm³/mol. The van der Waals surface area contributed by atoms with Crippen LogP contribution in [0.25, 0.3) is 0 Å². The van der Waals surface area contributed by atoms with Crippen LogP contribution < -0.4 is 4.90 Å². The first-order valence-electron chi connectivity index (χ1n) is 8.75. The van der Waals surface area contributed by atoms with Gasteiger partial charge in [0.05, 0.1) is 35.9 Å². The third-order valence-corrected chi connectivity index (χ3v) is 6.70. The van der Waals surface area contributed by atoms with Gasteiger partial charge in [0.2, 0.25) is 5.91 Å². The van der Waals surface area contributed by atoms with Gasteiger partial charge < -0.3 is 14.6 Å². The van der Waals surface area contributed by atoms with Crippen molar-refractivity contribution in [1.29, 1.82) is 5.26 Å². The zero-order valence-corrected chi connectivity index (χ0v) is 14.2. The number of aryl methyl sites for hydroxylation is 1. The van der Waals surface area contributed by atoms with Gasteiger partial charge in [-0.3, -0.25) is 9.69 Å². The van der Waals surface area contributed by atoms with Gasteiger partial charge in [0.15, 0.2) is 0 Å². The van der Waals surface area contributed by atoms with E-state index in [1.807, 2.05) is 19.9 Å². The van der Waals surface area contributed by atoms with Crippen molar-refractivity contribution in [3.8, 4) is 6.07 Å². The minimum atomic E-state index is -0.843. The normalized spacial score (nSPS) is 44.1. The Morgan fingerprint density at radius 1 is 1.44 bits per heavy atom. The Bertz CT molecular complexity index is 833. The van der Waals surface area contributed by atoms with Gasteiger partial charge in [0.1, 0.15) is 11.8 Å². The third-order valence-electron chi connectivity index (χ3n) is 6.70. The topological polar surface area (TPSA) is 82.8 Å². The number of amides is 1. The molecule has 2 bridgehead atoms. The molecule has 4 saturated heterocycles. The number of carbonyl (C=O) groups is 1. The number of aliphatic hydroxyl groups is 1. The summed E-state index contributed by atoms with van der Waals surface area (Å²) in [4.78, 5) is 15.0. The molecule has 5 rings (SSSR count). The maximum Gasteiger partial charge on any atom is 0.235 e. The maximum absolute atomic E-state index is 13.3. The van der Waals surface area contributed by atoms with Gasteiger partial charge in [-0.1, -0.05) is 0 Å². The second-order valence-corrected chi connectivity index (χ2v) is 7.90. The first kappa shape index (κ1) is 15.3. The largest absolute Gasteiger partial charge is 0.390 e. The van der Waals surface area contributed by atoms with E-state index in [2.05, 4.69) is 6.07 Å². The number of hydrogen-bond donors (Lipinski definition) is 1. The van der Waals surface area contributed by atoms with Gasteiger partial charge >= 0.3 is 0 Å². The standard InChI is InChI=1S/C19H20N2O4/c1-10-7-12(4-3-11(10)9-20)21-16(23)14-15-17(21)24-6-5-19(15)8-13(22)18(14,2)25-19/h3-4,7,13-15,17,22H,5-6,8H2,1-2H3/t13-,14-,15+,17+,18-,19+/m0/s1. The SMILES string of the molecule is Cc1cc(N2C(=O)[C@@H]3[C@@H]4[C@H]2OCC[C@@]42C[C@H](O)[C@]3(C)O2)ccc1C#N. The van der Waals surface area contributed by atoms with Crippen LogP contribution in [0.1, 0.15) is 30.9 Å². The van der Waals surface area contributed by atoms with E-state index < -0.39 is 23.2 Å². The summed E-state index contributed by atoms with van der Waals surface area (Å²) in [5.41, 5.74) is 0.872. The van der Waals surface area contributed by atoms with Crippen LogP contribution in [0, 0.1) is 30.1 Å². The molecule has 1 aromatic rings. The number of benzene rings is 1. The van der Waals surface area contributed by atoms with Crippen LogP contribution >= 0.6 is 0 Å². The lowest BCUT2D eigenvalue weighted by Crippen LogP contribution is -2.53. The van der Waals surface area contributed by atoms with E-state index in [0.29, 0.717) is 25.0 Å². The van der Waals surface area contributed by atoms with Crippen LogP contribution in [0.15, 0.2) is 18.2 Å². The number of aliphatic hydroxyl groups excluding tert-OH is 1. The Morgan fingerprint density at radius 3 is 2.96 bits per heavy atom. The Balaban J connectivity index is 1.62. The fraction of sp³-hybridized carbons (Fsp3) is 0.579. The molecule has 4 fully saturated rings. The average molecular weight is 340 g/mol. The lowest BCUT2D eigenvalue weighted by Gasteiger charge is -2.42.